The molecule has 1 aliphatic heterocycles. The molecule has 0 radical (unpaired) electrons. The van der Waals surface area contributed by atoms with Crippen LogP contribution < -0.4 is 5.32 Å². The van der Waals surface area contributed by atoms with Gasteiger partial charge in [-0.3, -0.25) is 0 Å². The molecule has 6 heteroatoms. The highest BCUT2D eigenvalue weighted by Gasteiger charge is 2.45. The molecule has 3 rings (SSSR count). The van der Waals surface area contributed by atoms with Gasteiger partial charge in [0, 0.05) is 18.7 Å². The number of benzene rings is 1. The summed E-state index contributed by atoms with van der Waals surface area (Å²) in [5.74, 6) is 0. The highest BCUT2D eigenvalue weighted by atomic mass is 19.4. The lowest BCUT2D eigenvalue weighted by molar-refractivity contribution is -0.137. The van der Waals surface area contributed by atoms with Gasteiger partial charge in [-0.25, -0.2) is 0 Å². The van der Waals surface area contributed by atoms with Gasteiger partial charge >= 0.3 is 6.18 Å². The molecule has 128 valence electrons. The number of alkyl halides is 3. The van der Waals surface area contributed by atoms with Crippen LogP contribution in [-0.2, 0) is 10.9 Å². The van der Waals surface area contributed by atoms with E-state index in [0.717, 1.165) is 25.3 Å². The number of ether oxygens (including phenoxy) is 1. The van der Waals surface area contributed by atoms with Crippen LogP contribution in [0.2, 0.25) is 0 Å². The fraction of sp³-hybridized carbons (Fsp3) is 0.647. The highest BCUT2D eigenvalue weighted by Crippen LogP contribution is 2.43. The molecule has 1 aliphatic carbocycles. The van der Waals surface area contributed by atoms with Crippen LogP contribution in [0.3, 0.4) is 0 Å². The van der Waals surface area contributed by atoms with Crippen molar-refractivity contribution in [2.75, 3.05) is 13.2 Å². The monoisotopic (exact) mass is 329 g/mol. The Morgan fingerprint density at radius 3 is 2.70 bits per heavy atom. The second kappa shape index (κ2) is 6.42. The van der Waals surface area contributed by atoms with E-state index in [1.54, 1.807) is 6.07 Å². The first-order valence-electron chi connectivity index (χ1n) is 8.10. The Morgan fingerprint density at radius 2 is 2.13 bits per heavy atom. The third-order valence-electron chi connectivity index (χ3n) is 4.94. The molecule has 2 unspecified atom stereocenters. The van der Waals surface area contributed by atoms with Gasteiger partial charge in [0.1, 0.15) is 0 Å². The van der Waals surface area contributed by atoms with Crippen molar-refractivity contribution in [3.8, 4) is 0 Å². The van der Waals surface area contributed by atoms with E-state index >= 15 is 0 Å². The molecule has 1 saturated carbocycles. The van der Waals surface area contributed by atoms with Crippen LogP contribution in [0.25, 0.3) is 0 Å². The van der Waals surface area contributed by atoms with E-state index in [1.165, 1.54) is 18.6 Å². The molecule has 2 atom stereocenters. The van der Waals surface area contributed by atoms with Crippen LogP contribution in [0.4, 0.5) is 13.2 Å². The van der Waals surface area contributed by atoms with Crippen LogP contribution in [0.5, 0.6) is 0 Å². The third-order valence-corrected chi connectivity index (χ3v) is 4.94. The second-order valence-electron chi connectivity index (χ2n) is 6.60. The van der Waals surface area contributed by atoms with Crippen LogP contribution >= 0.6 is 0 Å². The van der Waals surface area contributed by atoms with E-state index in [-0.39, 0.29) is 24.3 Å². The van der Waals surface area contributed by atoms with Crippen molar-refractivity contribution < 1.29 is 23.0 Å². The minimum Gasteiger partial charge on any atom is -0.396 e. The van der Waals surface area contributed by atoms with E-state index in [2.05, 4.69) is 5.32 Å². The number of hydrogen-bond donors (Lipinski definition) is 2. The first-order chi connectivity index (χ1) is 10.9. The maximum absolute atomic E-state index is 12.9. The Balaban J connectivity index is 1.71. The van der Waals surface area contributed by atoms with Crippen molar-refractivity contribution in [1.29, 1.82) is 0 Å². The number of hydrogen-bond acceptors (Lipinski definition) is 3. The molecule has 1 spiro atoms. The quantitative estimate of drug-likeness (QED) is 0.870. The molecule has 0 aromatic heterocycles. The molecule has 2 fully saturated rings. The van der Waals surface area contributed by atoms with Crippen LogP contribution in [0.1, 0.15) is 49.3 Å². The highest BCUT2D eigenvalue weighted by molar-refractivity contribution is 5.28. The number of rotatable bonds is 5. The SMILES string of the molecule is OCCC(NC1COC2(CCC2)C1)c1cccc(C(F)(F)F)c1. The molecule has 3 nitrogen and oxygen atoms in total. The van der Waals surface area contributed by atoms with Crippen LogP contribution in [0.15, 0.2) is 24.3 Å². The molecule has 0 amide bonds. The Kier molecular flexibility index (Phi) is 4.67. The molecule has 1 aromatic carbocycles. The average molecular weight is 329 g/mol. The largest absolute Gasteiger partial charge is 0.416 e. The van der Waals surface area contributed by atoms with Crippen molar-refractivity contribution in [3.63, 3.8) is 0 Å². The Morgan fingerprint density at radius 1 is 1.35 bits per heavy atom. The van der Waals surface area contributed by atoms with E-state index < -0.39 is 11.7 Å². The molecule has 2 N–H and O–H groups in total. The van der Waals surface area contributed by atoms with Gasteiger partial charge in [0.15, 0.2) is 0 Å². The third kappa shape index (κ3) is 3.70. The zero-order chi connectivity index (χ0) is 16.5. The molecule has 1 heterocycles. The summed E-state index contributed by atoms with van der Waals surface area (Å²) in [5.41, 5.74) is -0.101. The standard InChI is InChI=1S/C17H22F3NO2/c18-17(19,20)13-4-1-3-12(9-13)15(5-8-22)21-14-10-16(23-11-14)6-2-7-16/h1,3-4,9,14-15,21-22H,2,5-8,10-11H2. The predicted molar refractivity (Wildman–Crippen MR) is 80.0 cm³/mol. The minimum atomic E-state index is -4.35. The topological polar surface area (TPSA) is 41.5 Å². The van der Waals surface area contributed by atoms with Gasteiger partial charge in [-0.05, 0) is 49.8 Å². The molecular formula is C17H22F3NO2. The van der Waals surface area contributed by atoms with Crippen molar-refractivity contribution in [3.05, 3.63) is 35.4 Å². The lowest BCUT2D eigenvalue weighted by atomic mass is 9.77. The Bertz CT molecular complexity index is 543. The summed E-state index contributed by atoms with van der Waals surface area (Å²) in [6.07, 6.45) is 0.240. The van der Waals surface area contributed by atoms with Crippen molar-refractivity contribution in [1.82, 2.24) is 5.32 Å². The summed E-state index contributed by atoms with van der Waals surface area (Å²) >= 11 is 0. The average Bonchev–Trinajstić information content (AvgIpc) is 2.91. The predicted octanol–water partition coefficient (Wildman–Crippen LogP) is 3.43. The zero-order valence-corrected chi connectivity index (χ0v) is 12.9. The van der Waals surface area contributed by atoms with Gasteiger partial charge in [-0.1, -0.05) is 12.1 Å². The van der Waals surface area contributed by atoms with Gasteiger partial charge in [0.2, 0.25) is 0 Å². The van der Waals surface area contributed by atoms with Gasteiger partial charge in [-0.15, -0.1) is 0 Å². The molecule has 1 aromatic rings. The lowest BCUT2D eigenvalue weighted by Gasteiger charge is -2.37. The van der Waals surface area contributed by atoms with E-state index in [0.29, 0.717) is 18.6 Å². The van der Waals surface area contributed by atoms with E-state index in [1.807, 2.05) is 0 Å². The summed E-state index contributed by atoms with van der Waals surface area (Å²) in [4.78, 5) is 0. The fourth-order valence-electron chi connectivity index (χ4n) is 3.56. The molecule has 1 saturated heterocycles. The van der Waals surface area contributed by atoms with Gasteiger partial charge < -0.3 is 15.2 Å². The minimum absolute atomic E-state index is 0.00471. The van der Waals surface area contributed by atoms with Crippen molar-refractivity contribution >= 4 is 0 Å². The van der Waals surface area contributed by atoms with E-state index in [9.17, 15) is 18.3 Å². The fourth-order valence-corrected chi connectivity index (χ4v) is 3.56. The zero-order valence-electron chi connectivity index (χ0n) is 12.9. The number of aliphatic hydroxyl groups is 1. The lowest BCUT2D eigenvalue weighted by Crippen LogP contribution is -2.39. The van der Waals surface area contributed by atoms with Gasteiger partial charge in [0.05, 0.1) is 17.8 Å². The summed E-state index contributed by atoms with van der Waals surface area (Å²) in [7, 11) is 0. The van der Waals surface area contributed by atoms with E-state index in [4.69, 9.17) is 4.74 Å². The second-order valence-corrected chi connectivity index (χ2v) is 6.60. The van der Waals surface area contributed by atoms with Crippen molar-refractivity contribution in [2.45, 2.75) is 56.0 Å². The van der Waals surface area contributed by atoms with Crippen LogP contribution in [-0.4, -0.2) is 30.0 Å². The summed E-state index contributed by atoms with van der Waals surface area (Å²) in [6, 6.07) is 5.16. The summed E-state index contributed by atoms with van der Waals surface area (Å²) in [6.45, 7) is 0.507. The first-order valence-corrected chi connectivity index (χ1v) is 8.10. The Labute approximate surface area is 133 Å². The summed E-state index contributed by atoms with van der Waals surface area (Å²) in [5, 5.41) is 12.7. The Hall–Kier alpha value is -1.11. The maximum Gasteiger partial charge on any atom is 0.416 e. The molecule has 23 heavy (non-hydrogen) atoms. The van der Waals surface area contributed by atoms with Crippen LogP contribution in [0, 0.1) is 0 Å². The smallest absolute Gasteiger partial charge is 0.396 e. The number of halogens is 3. The molecule has 0 bridgehead atoms. The molecular weight excluding hydrogens is 307 g/mol. The normalized spacial score (nSPS) is 24.6. The maximum atomic E-state index is 12.9. The van der Waals surface area contributed by atoms with Gasteiger partial charge in [0.25, 0.3) is 0 Å². The first kappa shape index (κ1) is 16.7. The number of nitrogens with one attached hydrogen (secondary N) is 1. The summed E-state index contributed by atoms with van der Waals surface area (Å²) < 4.78 is 44.5. The van der Waals surface area contributed by atoms with Crippen molar-refractivity contribution in [2.24, 2.45) is 0 Å². The number of aliphatic hydroxyl groups excluding tert-OH is 1. The molecule has 2 aliphatic rings. The van der Waals surface area contributed by atoms with Gasteiger partial charge in [-0.2, -0.15) is 13.2 Å².